The Kier molecular flexibility index (Phi) is 12.5. The minimum absolute atomic E-state index is 0.782. The second kappa shape index (κ2) is 11.3. The van der Waals surface area contributed by atoms with Crippen LogP contribution in [0.1, 0.15) is 41.5 Å². The van der Waals surface area contributed by atoms with Crippen LogP contribution in [0.3, 0.4) is 0 Å². The van der Waals surface area contributed by atoms with Gasteiger partial charge in [0.25, 0.3) is 0 Å². The van der Waals surface area contributed by atoms with Crippen LogP contribution in [0.15, 0.2) is 39.5 Å². The second-order valence-electron chi connectivity index (χ2n) is 2.71. The van der Waals surface area contributed by atoms with Gasteiger partial charge in [0.05, 0.1) is 0 Å². The first kappa shape index (κ1) is 16.6. The number of nitrogens with zero attached hydrogens (tertiary/aromatic N) is 1. The van der Waals surface area contributed by atoms with Crippen molar-refractivity contribution in [1.29, 1.82) is 0 Å². The van der Waals surface area contributed by atoms with E-state index in [0.29, 0.717) is 0 Å². The molecule has 0 unspecified atom stereocenters. The summed E-state index contributed by atoms with van der Waals surface area (Å²) in [6.07, 6.45) is 7.32. The lowest BCUT2D eigenvalue weighted by Gasteiger charge is -2.00. The Balaban J connectivity index is 0. The Morgan fingerprint density at radius 2 is 1.67 bits per heavy atom. The van der Waals surface area contributed by atoms with Crippen LogP contribution in [-0.4, -0.2) is 6.21 Å². The Labute approximate surface area is 99.3 Å². The summed E-state index contributed by atoms with van der Waals surface area (Å²) in [5.74, 6) is 0. The van der Waals surface area contributed by atoms with E-state index in [4.69, 9.17) is 11.6 Å². The van der Waals surface area contributed by atoms with Gasteiger partial charge in [0, 0.05) is 17.4 Å². The number of rotatable bonds is 3. The molecular weight excluding hydrogens is 206 g/mol. The van der Waals surface area contributed by atoms with Crippen molar-refractivity contribution < 1.29 is 0 Å². The Hall–Kier alpha value is -0.820. The van der Waals surface area contributed by atoms with Gasteiger partial charge >= 0.3 is 0 Å². The molecule has 0 bridgehead atoms. The Morgan fingerprint density at radius 3 is 2.07 bits per heavy atom. The maximum atomic E-state index is 5.95. The van der Waals surface area contributed by atoms with Gasteiger partial charge in [-0.15, -0.1) is 0 Å². The van der Waals surface area contributed by atoms with Gasteiger partial charge in [0.15, 0.2) is 0 Å². The van der Waals surface area contributed by atoms with Crippen molar-refractivity contribution >= 4 is 17.8 Å². The lowest BCUT2D eigenvalue weighted by Crippen LogP contribution is -1.85. The molecule has 0 amide bonds. The zero-order chi connectivity index (χ0) is 12.3. The fraction of sp³-hybridized carbons (Fsp3) is 0.462. The first-order chi connectivity index (χ1) is 7.13. The minimum atomic E-state index is 0.782. The summed E-state index contributed by atoms with van der Waals surface area (Å²) in [6, 6.07) is 0. The molecule has 0 saturated heterocycles. The molecule has 2 heteroatoms. The molecule has 0 N–H and O–H groups in total. The standard InChI is InChI=1S/C11H16ClN.C2H6/c1-5-7-13-8-9(3)10(4)11(12)6-2;1-2/h5-8H,1-4H3;1-2H3/b7-5+,10-9+,11-6+,13-8+;. The maximum Gasteiger partial charge on any atom is 0.0395 e. The summed E-state index contributed by atoms with van der Waals surface area (Å²) in [5.41, 5.74) is 2.15. The van der Waals surface area contributed by atoms with Crippen LogP contribution in [-0.2, 0) is 0 Å². The SMILES string of the molecule is C/C=C/N=C/C(C)=C(C)/C(Cl)=C\C.CC. The number of allylic oxidation sites excluding steroid dienone is 5. The molecular formula is C13H22ClN. The van der Waals surface area contributed by atoms with Gasteiger partial charge in [0.1, 0.15) is 0 Å². The van der Waals surface area contributed by atoms with Crippen molar-refractivity contribution in [2.45, 2.75) is 41.5 Å². The molecule has 0 fully saturated rings. The Morgan fingerprint density at radius 1 is 1.13 bits per heavy atom. The highest BCUT2D eigenvalue weighted by molar-refractivity contribution is 6.32. The molecule has 0 saturated carbocycles. The van der Waals surface area contributed by atoms with Crippen molar-refractivity contribution in [3.05, 3.63) is 34.5 Å². The first-order valence-corrected chi connectivity index (χ1v) is 5.65. The molecule has 1 nitrogen and oxygen atoms in total. The number of aliphatic imine (C=N–C) groups is 1. The highest BCUT2D eigenvalue weighted by Gasteiger charge is 1.96. The van der Waals surface area contributed by atoms with Crippen molar-refractivity contribution in [1.82, 2.24) is 0 Å². The topological polar surface area (TPSA) is 12.4 Å². The molecule has 0 aliphatic rings. The summed E-state index contributed by atoms with van der Waals surface area (Å²) in [7, 11) is 0. The minimum Gasteiger partial charge on any atom is -0.265 e. The van der Waals surface area contributed by atoms with E-state index in [0.717, 1.165) is 16.2 Å². The highest BCUT2D eigenvalue weighted by Crippen LogP contribution is 2.16. The predicted molar refractivity (Wildman–Crippen MR) is 72.6 cm³/mol. The van der Waals surface area contributed by atoms with Gasteiger partial charge in [0.2, 0.25) is 0 Å². The molecule has 0 aromatic rings. The molecule has 0 heterocycles. The average molecular weight is 228 g/mol. The zero-order valence-electron chi connectivity index (χ0n) is 10.6. The summed E-state index contributed by atoms with van der Waals surface area (Å²) in [5, 5.41) is 0.782. The molecule has 15 heavy (non-hydrogen) atoms. The largest absolute Gasteiger partial charge is 0.265 e. The first-order valence-electron chi connectivity index (χ1n) is 5.27. The summed E-state index contributed by atoms with van der Waals surface area (Å²) in [6.45, 7) is 11.8. The van der Waals surface area contributed by atoms with Crippen molar-refractivity contribution in [3.63, 3.8) is 0 Å². The third-order valence-corrected chi connectivity index (χ3v) is 2.21. The van der Waals surface area contributed by atoms with Crippen LogP contribution in [0.2, 0.25) is 0 Å². The van der Waals surface area contributed by atoms with E-state index in [1.165, 1.54) is 0 Å². The van der Waals surface area contributed by atoms with Crippen LogP contribution in [0, 0.1) is 0 Å². The van der Waals surface area contributed by atoms with Crippen LogP contribution in [0.5, 0.6) is 0 Å². The third-order valence-electron chi connectivity index (χ3n) is 1.71. The predicted octanol–water partition coefficient (Wildman–Crippen LogP) is 5.10. The maximum absolute atomic E-state index is 5.95. The number of halogens is 1. The van der Waals surface area contributed by atoms with E-state index in [1.54, 1.807) is 12.4 Å². The normalized spacial score (nSPS) is 13.9. The molecule has 0 atom stereocenters. The molecule has 0 aromatic heterocycles. The van der Waals surface area contributed by atoms with Gasteiger partial charge in [-0.05, 0) is 38.8 Å². The third kappa shape index (κ3) is 8.19. The van der Waals surface area contributed by atoms with Gasteiger partial charge in [-0.1, -0.05) is 37.6 Å². The molecule has 0 spiro atoms. The fourth-order valence-electron chi connectivity index (χ4n) is 0.743. The van der Waals surface area contributed by atoms with Gasteiger partial charge in [-0.3, -0.25) is 4.99 Å². The molecule has 86 valence electrons. The van der Waals surface area contributed by atoms with Crippen molar-refractivity contribution in [3.8, 4) is 0 Å². The van der Waals surface area contributed by atoms with Gasteiger partial charge in [-0.25, -0.2) is 0 Å². The summed E-state index contributed by atoms with van der Waals surface area (Å²) < 4.78 is 0. The van der Waals surface area contributed by atoms with E-state index in [2.05, 4.69) is 4.99 Å². The van der Waals surface area contributed by atoms with Crippen LogP contribution in [0.4, 0.5) is 0 Å². The van der Waals surface area contributed by atoms with E-state index in [-0.39, 0.29) is 0 Å². The lowest BCUT2D eigenvalue weighted by atomic mass is 10.1. The zero-order valence-corrected chi connectivity index (χ0v) is 11.4. The Bertz CT molecular complexity index is 270. The number of hydrogen-bond acceptors (Lipinski definition) is 1. The summed E-state index contributed by atoms with van der Waals surface area (Å²) in [4.78, 5) is 4.08. The average Bonchev–Trinajstić information content (AvgIpc) is 2.29. The monoisotopic (exact) mass is 227 g/mol. The summed E-state index contributed by atoms with van der Waals surface area (Å²) >= 11 is 5.95. The molecule has 0 aromatic carbocycles. The van der Waals surface area contributed by atoms with Crippen LogP contribution < -0.4 is 0 Å². The van der Waals surface area contributed by atoms with Crippen LogP contribution >= 0.6 is 11.6 Å². The number of hydrogen-bond donors (Lipinski definition) is 0. The molecule has 0 aliphatic carbocycles. The lowest BCUT2D eigenvalue weighted by molar-refractivity contribution is 1.38. The van der Waals surface area contributed by atoms with E-state index < -0.39 is 0 Å². The smallest absolute Gasteiger partial charge is 0.0395 e. The van der Waals surface area contributed by atoms with E-state index in [1.807, 2.05) is 53.7 Å². The highest BCUT2D eigenvalue weighted by atomic mass is 35.5. The molecule has 0 rings (SSSR count). The quantitative estimate of drug-likeness (QED) is 0.470. The fourth-order valence-corrected chi connectivity index (χ4v) is 0.892. The van der Waals surface area contributed by atoms with Crippen molar-refractivity contribution in [2.24, 2.45) is 4.99 Å². The molecule has 0 radical (unpaired) electrons. The van der Waals surface area contributed by atoms with E-state index >= 15 is 0 Å². The van der Waals surface area contributed by atoms with Crippen molar-refractivity contribution in [2.75, 3.05) is 0 Å². The molecule has 0 aliphatic heterocycles. The van der Waals surface area contributed by atoms with Crippen LogP contribution in [0.25, 0.3) is 0 Å². The van der Waals surface area contributed by atoms with Gasteiger partial charge < -0.3 is 0 Å². The van der Waals surface area contributed by atoms with Gasteiger partial charge in [-0.2, -0.15) is 0 Å². The second-order valence-corrected chi connectivity index (χ2v) is 3.11. The van der Waals surface area contributed by atoms with E-state index in [9.17, 15) is 0 Å².